The van der Waals surface area contributed by atoms with E-state index in [9.17, 15) is 0 Å². The van der Waals surface area contributed by atoms with E-state index in [1.54, 1.807) is 0 Å². The summed E-state index contributed by atoms with van der Waals surface area (Å²) in [5.74, 6) is 3.71. The number of fused-ring (bicyclic) bond motifs is 1. The summed E-state index contributed by atoms with van der Waals surface area (Å²) in [4.78, 5) is 16.8. The van der Waals surface area contributed by atoms with Gasteiger partial charge in [-0.15, -0.1) is 0 Å². The molecule has 4 aromatic carbocycles. The highest BCUT2D eigenvalue weighted by molar-refractivity contribution is 5.78. The van der Waals surface area contributed by atoms with E-state index in [0.717, 1.165) is 51.7 Å². The van der Waals surface area contributed by atoms with Crippen LogP contribution < -0.4 is 9.64 Å². The minimum atomic E-state index is 0.634. The molecule has 0 unspecified atom stereocenters. The first-order valence-corrected chi connectivity index (χ1v) is 12.9. The summed E-state index contributed by atoms with van der Waals surface area (Å²) in [6.45, 7) is 0. The summed E-state index contributed by atoms with van der Waals surface area (Å²) in [5, 5.41) is 0. The summed E-state index contributed by atoms with van der Waals surface area (Å²) in [6.07, 6.45) is 9.07. The molecule has 5 nitrogen and oxygen atoms in total. The van der Waals surface area contributed by atoms with Crippen molar-refractivity contribution < 1.29 is 4.74 Å². The van der Waals surface area contributed by atoms with Crippen LogP contribution in [0.5, 0.6) is 5.75 Å². The number of aromatic nitrogens is 3. The Labute approximate surface area is 227 Å². The molecule has 1 aromatic heterocycles. The number of hydrogen-bond donors (Lipinski definition) is 0. The lowest BCUT2D eigenvalue weighted by atomic mass is 10.1. The lowest BCUT2D eigenvalue weighted by molar-refractivity contribution is 0.402. The van der Waals surface area contributed by atoms with Gasteiger partial charge in [0.05, 0.1) is 11.4 Å². The highest BCUT2D eigenvalue weighted by atomic mass is 16.5. The third-order valence-electron chi connectivity index (χ3n) is 6.75. The van der Waals surface area contributed by atoms with Gasteiger partial charge in [0.1, 0.15) is 5.76 Å². The number of para-hydroxylation sites is 2. The van der Waals surface area contributed by atoms with Gasteiger partial charge in [-0.1, -0.05) is 91.0 Å². The van der Waals surface area contributed by atoms with Gasteiger partial charge in [-0.3, -0.25) is 0 Å². The van der Waals surface area contributed by atoms with Gasteiger partial charge in [0.25, 0.3) is 0 Å². The van der Waals surface area contributed by atoms with Crippen LogP contribution in [-0.2, 0) is 0 Å². The van der Waals surface area contributed by atoms with E-state index in [0.29, 0.717) is 17.5 Å². The fraction of sp³-hybridized carbons (Fsp3) is 0.0294. The maximum Gasteiger partial charge on any atom is 0.164 e. The van der Waals surface area contributed by atoms with Crippen molar-refractivity contribution in [1.29, 1.82) is 0 Å². The van der Waals surface area contributed by atoms with Crippen LogP contribution in [0, 0.1) is 0 Å². The summed E-state index contributed by atoms with van der Waals surface area (Å²) in [7, 11) is 0. The summed E-state index contributed by atoms with van der Waals surface area (Å²) < 4.78 is 6.28. The Balaban J connectivity index is 1.32. The van der Waals surface area contributed by atoms with Crippen LogP contribution >= 0.6 is 0 Å². The maximum absolute atomic E-state index is 6.28. The smallest absolute Gasteiger partial charge is 0.164 e. The van der Waals surface area contributed by atoms with Gasteiger partial charge >= 0.3 is 0 Å². The Morgan fingerprint density at radius 2 is 1.13 bits per heavy atom. The molecule has 0 spiro atoms. The molecule has 0 N–H and O–H groups in total. The van der Waals surface area contributed by atoms with E-state index in [4.69, 9.17) is 19.7 Å². The second-order valence-corrected chi connectivity index (χ2v) is 9.29. The van der Waals surface area contributed by atoms with E-state index >= 15 is 0 Å². The van der Waals surface area contributed by atoms with Crippen LogP contribution in [0.15, 0.2) is 145 Å². The Morgan fingerprint density at radius 3 is 1.77 bits per heavy atom. The Hall–Kier alpha value is -5.29. The molecule has 0 radical (unpaired) electrons. The number of ether oxygens (including phenoxy) is 1. The maximum atomic E-state index is 6.28. The first-order chi connectivity index (χ1) is 19.3. The number of rotatable bonds is 4. The van der Waals surface area contributed by atoms with Gasteiger partial charge < -0.3 is 9.64 Å². The van der Waals surface area contributed by atoms with Gasteiger partial charge in [0, 0.05) is 28.8 Å². The number of anilines is 2. The van der Waals surface area contributed by atoms with Crippen LogP contribution in [0.1, 0.15) is 6.42 Å². The van der Waals surface area contributed by atoms with E-state index < -0.39 is 0 Å². The topological polar surface area (TPSA) is 51.1 Å². The zero-order valence-electron chi connectivity index (χ0n) is 21.1. The fourth-order valence-electron chi connectivity index (χ4n) is 4.86. The minimum absolute atomic E-state index is 0.634. The Bertz CT molecular complexity index is 1680. The van der Waals surface area contributed by atoms with Crippen molar-refractivity contribution in [1.82, 2.24) is 15.0 Å². The average Bonchev–Trinajstić information content (AvgIpc) is 3.26. The van der Waals surface area contributed by atoms with Gasteiger partial charge in [-0.05, 0) is 42.5 Å². The number of benzene rings is 4. The Kier molecular flexibility index (Phi) is 5.79. The number of hydrogen-bond acceptors (Lipinski definition) is 5. The molecule has 0 saturated carbocycles. The van der Waals surface area contributed by atoms with Crippen LogP contribution in [0.25, 0.3) is 34.2 Å². The molecule has 39 heavy (non-hydrogen) atoms. The molecule has 0 fully saturated rings. The molecule has 5 aromatic rings. The standard InChI is InChI=1S/C34H24N4O/c1-4-12-24(13-5-1)32-35-33(25-14-6-2-7-15-25)37-34(36-32)26-20-22-27(23-21-26)38-28-16-8-3-9-18-30(28)39-31-19-11-10-17-29(31)38/h1-17,19-23H,18H2. The quantitative estimate of drug-likeness (QED) is 0.247. The fourth-order valence-corrected chi connectivity index (χ4v) is 4.86. The molecule has 0 atom stereocenters. The average molecular weight is 505 g/mol. The molecule has 0 saturated heterocycles. The van der Waals surface area contributed by atoms with Crippen molar-refractivity contribution in [2.75, 3.05) is 4.90 Å². The second kappa shape index (κ2) is 9.88. The van der Waals surface area contributed by atoms with Gasteiger partial charge in [0.15, 0.2) is 23.2 Å². The number of allylic oxidation sites excluding steroid dienone is 4. The predicted octanol–water partition coefficient (Wildman–Crippen LogP) is 8.13. The van der Waals surface area contributed by atoms with Crippen LogP contribution in [0.3, 0.4) is 0 Å². The molecule has 186 valence electrons. The molecule has 2 heterocycles. The van der Waals surface area contributed by atoms with Crippen LogP contribution in [-0.4, -0.2) is 15.0 Å². The first kappa shape index (κ1) is 22.9. The van der Waals surface area contributed by atoms with E-state index in [-0.39, 0.29) is 0 Å². The molecular weight excluding hydrogens is 480 g/mol. The second-order valence-electron chi connectivity index (χ2n) is 9.29. The largest absolute Gasteiger partial charge is 0.457 e. The predicted molar refractivity (Wildman–Crippen MR) is 155 cm³/mol. The lowest BCUT2D eigenvalue weighted by Gasteiger charge is -2.33. The van der Waals surface area contributed by atoms with Crippen molar-refractivity contribution in [3.63, 3.8) is 0 Å². The monoisotopic (exact) mass is 504 g/mol. The molecule has 5 heteroatoms. The molecule has 7 rings (SSSR count). The highest BCUT2D eigenvalue weighted by Gasteiger charge is 2.26. The van der Waals surface area contributed by atoms with Crippen molar-refractivity contribution in [2.24, 2.45) is 0 Å². The van der Waals surface area contributed by atoms with E-state index in [2.05, 4.69) is 59.5 Å². The Morgan fingerprint density at radius 1 is 0.564 bits per heavy atom. The van der Waals surface area contributed by atoms with E-state index in [1.165, 1.54) is 0 Å². The van der Waals surface area contributed by atoms with Crippen molar-refractivity contribution in [3.05, 3.63) is 145 Å². The van der Waals surface area contributed by atoms with Crippen molar-refractivity contribution in [3.8, 4) is 39.9 Å². The minimum Gasteiger partial charge on any atom is -0.457 e. The molecule has 1 aliphatic heterocycles. The molecular formula is C34H24N4O. The first-order valence-electron chi connectivity index (χ1n) is 12.9. The molecule has 2 aliphatic rings. The third-order valence-corrected chi connectivity index (χ3v) is 6.75. The van der Waals surface area contributed by atoms with Gasteiger partial charge in [-0.2, -0.15) is 0 Å². The normalized spacial score (nSPS) is 13.9. The van der Waals surface area contributed by atoms with Crippen LogP contribution in [0.4, 0.5) is 11.4 Å². The zero-order chi connectivity index (χ0) is 26.0. The summed E-state index contributed by atoms with van der Waals surface area (Å²) in [6, 6.07) is 36.6. The molecule has 1 aliphatic carbocycles. The highest BCUT2D eigenvalue weighted by Crippen LogP contribution is 2.44. The zero-order valence-corrected chi connectivity index (χ0v) is 21.1. The number of nitrogens with zero attached hydrogens (tertiary/aromatic N) is 4. The summed E-state index contributed by atoms with van der Waals surface area (Å²) >= 11 is 0. The van der Waals surface area contributed by atoms with Gasteiger partial charge in [-0.25, -0.2) is 15.0 Å². The molecule has 0 bridgehead atoms. The van der Waals surface area contributed by atoms with Crippen molar-refractivity contribution in [2.45, 2.75) is 6.42 Å². The van der Waals surface area contributed by atoms with Gasteiger partial charge in [0.2, 0.25) is 0 Å². The summed E-state index contributed by atoms with van der Waals surface area (Å²) in [5.41, 5.74) is 5.90. The third kappa shape index (κ3) is 4.40. The van der Waals surface area contributed by atoms with E-state index in [1.807, 2.05) is 78.9 Å². The van der Waals surface area contributed by atoms with Crippen LogP contribution in [0.2, 0.25) is 0 Å². The SMILES string of the molecule is C1=CCC2=C(C=C1)N(c1ccc(-c3nc(-c4ccccc4)nc(-c4ccccc4)n3)cc1)c1ccccc1O2. The molecule has 0 amide bonds. The lowest BCUT2D eigenvalue weighted by Crippen LogP contribution is -2.23. The van der Waals surface area contributed by atoms with Crippen molar-refractivity contribution >= 4 is 11.4 Å².